The van der Waals surface area contributed by atoms with Crippen molar-refractivity contribution in [1.82, 2.24) is 9.63 Å². The molecule has 126 valence electrons. The molecule has 3 atom stereocenters. The van der Waals surface area contributed by atoms with Gasteiger partial charge in [-0.15, -0.1) is 0 Å². The molecule has 2 aliphatic rings. The minimum atomic E-state index is 0.190. The van der Waals surface area contributed by atoms with Crippen molar-refractivity contribution in [2.45, 2.75) is 37.6 Å². The van der Waals surface area contributed by atoms with E-state index in [4.69, 9.17) is 4.84 Å². The van der Waals surface area contributed by atoms with E-state index in [1.165, 1.54) is 16.8 Å². The Morgan fingerprint density at radius 3 is 2.32 bits per heavy atom. The number of rotatable bonds is 4. The van der Waals surface area contributed by atoms with E-state index in [1.54, 1.807) is 0 Å². The second-order valence-corrected chi connectivity index (χ2v) is 7.06. The molecule has 3 heterocycles. The molecule has 5 rings (SSSR count). The van der Waals surface area contributed by atoms with E-state index in [0.29, 0.717) is 12.1 Å². The lowest BCUT2D eigenvalue weighted by atomic mass is 9.91. The Balaban J connectivity index is 1.46. The lowest BCUT2D eigenvalue weighted by Crippen LogP contribution is -2.37. The van der Waals surface area contributed by atoms with Crippen LogP contribution >= 0.6 is 0 Å². The zero-order valence-electron chi connectivity index (χ0n) is 14.2. The maximum absolute atomic E-state index is 6.35. The molecule has 2 aliphatic heterocycles. The predicted molar refractivity (Wildman–Crippen MR) is 97.8 cm³/mol. The van der Waals surface area contributed by atoms with Gasteiger partial charge in [-0.25, -0.2) is 0 Å². The van der Waals surface area contributed by atoms with Crippen LogP contribution in [0.4, 0.5) is 0 Å². The highest BCUT2D eigenvalue weighted by Gasteiger charge is 2.45. The van der Waals surface area contributed by atoms with Crippen LogP contribution in [-0.2, 0) is 17.8 Å². The van der Waals surface area contributed by atoms with Gasteiger partial charge in [0.1, 0.15) is 6.10 Å². The monoisotopic (exact) mass is 330 g/mol. The highest BCUT2D eigenvalue weighted by molar-refractivity contribution is 5.23. The van der Waals surface area contributed by atoms with Crippen molar-refractivity contribution in [3.05, 3.63) is 95.8 Å². The normalized spacial score (nSPS) is 25.0. The van der Waals surface area contributed by atoms with E-state index in [2.05, 4.69) is 88.6 Å². The first-order valence-electron chi connectivity index (χ1n) is 9.06. The number of fused-ring (bicyclic) bond motifs is 4. The van der Waals surface area contributed by atoms with Crippen LogP contribution in [0.15, 0.2) is 79.0 Å². The highest BCUT2D eigenvalue weighted by atomic mass is 16.7. The summed E-state index contributed by atoms with van der Waals surface area (Å²) in [5.41, 5.74) is 4.00. The first-order chi connectivity index (χ1) is 12.4. The summed E-state index contributed by atoms with van der Waals surface area (Å²) in [6.07, 6.45) is 4.52. The van der Waals surface area contributed by atoms with Crippen LogP contribution < -0.4 is 0 Å². The van der Waals surface area contributed by atoms with Crippen molar-refractivity contribution >= 4 is 0 Å². The third-order valence-corrected chi connectivity index (χ3v) is 5.50. The van der Waals surface area contributed by atoms with Gasteiger partial charge in [0.2, 0.25) is 0 Å². The van der Waals surface area contributed by atoms with Crippen molar-refractivity contribution in [1.29, 1.82) is 0 Å². The Bertz CT molecular complexity index is 843. The molecule has 0 aliphatic carbocycles. The van der Waals surface area contributed by atoms with Gasteiger partial charge in [-0.3, -0.25) is 4.84 Å². The van der Waals surface area contributed by atoms with E-state index in [-0.39, 0.29) is 6.10 Å². The number of hydrogen-bond donors (Lipinski definition) is 0. The number of benzene rings is 2. The van der Waals surface area contributed by atoms with Crippen molar-refractivity contribution in [3.8, 4) is 0 Å². The fraction of sp³-hybridized carbons (Fsp3) is 0.273. The number of hydrogen-bond acceptors (Lipinski definition) is 2. The molecule has 3 aromatic rings. The number of nitrogens with zero attached hydrogens (tertiary/aromatic N) is 2. The van der Waals surface area contributed by atoms with Crippen LogP contribution in [0.3, 0.4) is 0 Å². The van der Waals surface area contributed by atoms with Gasteiger partial charge in [-0.2, -0.15) is 5.06 Å². The molecule has 3 nitrogen and oxygen atoms in total. The molecule has 2 aromatic carbocycles. The smallest absolute Gasteiger partial charge is 0.121 e. The second kappa shape index (κ2) is 6.17. The molecule has 1 saturated heterocycles. The maximum atomic E-state index is 6.35. The molecular formula is C22H22N2O. The second-order valence-electron chi connectivity index (χ2n) is 7.06. The van der Waals surface area contributed by atoms with Crippen molar-refractivity contribution in [2.24, 2.45) is 0 Å². The van der Waals surface area contributed by atoms with Crippen LogP contribution in [-0.4, -0.2) is 15.7 Å². The molecule has 0 N–H and O–H groups in total. The molecule has 0 radical (unpaired) electrons. The molecule has 0 spiro atoms. The molecule has 1 fully saturated rings. The van der Waals surface area contributed by atoms with Gasteiger partial charge in [0.15, 0.2) is 0 Å². The highest BCUT2D eigenvalue weighted by Crippen LogP contribution is 2.45. The Labute approximate surface area is 148 Å². The first-order valence-corrected chi connectivity index (χ1v) is 9.06. The molecule has 0 unspecified atom stereocenters. The molecule has 3 heteroatoms. The van der Waals surface area contributed by atoms with Crippen molar-refractivity contribution in [3.63, 3.8) is 0 Å². The summed E-state index contributed by atoms with van der Waals surface area (Å²) >= 11 is 0. The summed E-state index contributed by atoms with van der Waals surface area (Å²) in [5, 5.41) is 2.22. The summed E-state index contributed by atoms with van der Waals surface area (Å²) in [6, 6.07) is 26.6. The minimum Gasteiger partial charge on any atom is -0.344 e. The summed E-state index contributed by atoms with van der Waals surface area (Å²) in [5.74, 6) is 0. The molecule has 0 saturated carbocycles. The van der Waals surface area contributed by atoms with E-state index >= 15 is 0 Å². The quantitative estimate of drug-likeness (QED) is 0.699. The van der Waals surface area contributed by atoms with Gasteiger partial charge in [0, 0.05) is 24.9 Å². The fourth-order valence-corrected chi connectivity index (χ4v) is 4.32. The molecular weight excluding hydrogens is 308 g/mol. The van der Waals surface area contributed by atoms with Crippen LogP contribution in [0.25, 0.3) is 0 Å². The first kappa shape index (κ1) is 14.9. The van der Waals surface area contributed by atoms with Gasteiger partial charge in [-0.05, 0) is 29.7 Å². The molecule has 0 amide bonds. The van der Waals surface area contributed by atoms with E-state index in [9.17, 15) is 0 Å². The summed E-state index contributed by atoms with van der Waals surface area (Å²) in [6.45, 7) is 0.845. The summed E-state index contributed by atoms with van der Waals surface area (Å²) < 4.78 is 2.44. The zero-order chi connectivity index (χ0) is 16.6. The van der Waals surface area contributed by atoms with Gasteiger partial charge < -0.3 is 4.57 Å². The van der Waals surface area contributed by atoms with Crippen molar-refractivity contribution < 1.29 is 4.84 Å². The molecule has 25 heavy (non-hydrogen) atoms. The fourth-order valence-electron chi connectivity index (χ4n) is 4.32. The number of hydroxylamine groups is 2. The lowest BCUT2D eigenvalue weighted by molar-refractivity contribution is -0.170. The summed E-state index contributed by atoms with van der Waals surface area (Å²) in [7, 11) is 0. The minimum absolute atomic E-state index is 0.190. The van der Waals surface area contributed by atoms with Gasteiger partial charge in [0.25, 0.3) is 0 Å². The topological polar surface area (TPSA) is 17.4 Å². The SMILES string of the molecule is c1ccc(C[C@H]2[C@H]3C[C@H](ON3Cc3ccccc3)c3cccn32)cc1. The average Bonchev–Trinajstić information content (AvgIpc) is 3.27. The Hall–Kier alpha value is -2.36. The van der Waals surface area contributed by atoms with E-state index < -0.39 is 0 Å². The van der Waals surface area contributed by atoms with E-state index in [0.717, 1.165) is 19.4 Å². The maximum Gasteiger partial charge on any atom is 0.121 e. The summed E-state index contributed by atoms with van der Waals surface area (Å²) in [4.78, 5) is 6.35. The number of aromatic nitrogens is 1. The lowest BCUT2D eigenvalue weighted by Gasteiger charge is -2.33. The molecule has 1 aromatic heterocycles. The van der Waals surface area contributed by atoms with Gasteiger partial charge in [-0.1, -0.05) is 60.7 Å². The standard InChI is InChI=1S/C22H22N2O/c1-3-8-17(9-4-1)14-20-21-15-22(19-12-7-13-23(19)20)25-24(21)16-18-10-5-2-6-11-18/h1-13,20-22H,14-16H2/t20-,21+,22-/m0/s1. The Morgan fingerprint density at radius 1 is 0.840 bits per heavy atom. The zero-order valence-corrected chi connectivity index (χ0v) is 14.2. The predicted octanol–water partition coefficient (Wildman–Crippen LogP) is 4.53. The van der Waals surface area contributed by atoms with Crippen molar-refractivity contribution in [2.75, 3.05) is 0 Å². The van der Waals surface area contributed by atoms with Crippen LogP contribution in [0, 0.1) is 0 Å². The molecule has 2 bridgehead atoms. The van der Waals surface area contributed by atoms with Crippen LogP contribution in [0.2, 0.25) is 0 Å². The third-order valence-electron chi connectivity index (χ3n) is 5.50. The van der Waals surface area contributed by atoms with Crippen LogP contribution in [0.5, 0.6) is 0 Å². The Kier molecular flexibility index (Phi) is 3.69. The third kappa shape index (κ3) is 2.70. The van der Waals surface area contributed by atoms with E-state index in [1.807, 2.05) is 0 Å². The largest absolute Gasteiger partial charge is 0.344 e. The van der Waals surface area contributed by atoms with Crippen LogP contribution in [0.1, 0.15) is 35.4 Å². The Morgan fingerprint density at radius 2 is 1.56 bits per heavy atom. The average molecular weight is 330 g/mol. The van der Waals surface area contributed by atoms with Gasteiger partial charge in [0.05, 0.1) is 12.1 Å². The van der Waals surface area contributed by atoms with Gasteiger partial charge >= 0.3 is 0 Å².